The second-order valence-corrected chi connectivity index (χ2v) is 5.72. The molecule has 2 aromatic heterocycles. The lowest BCUT2D eigenvalue weighted by Crippen LogP contribution is -2.23. The number of rotatable bonds is 2. The largest absolute Gasteiger partial charge is 0.454 e. The van der Waals surface area contributed by atoms with E-state index >= 15 is 0 Å². The molecule has 0 bridgehead atoms. The molecule has 0 N–H and O–H groups in total. The van der Waals surface area contributed by atoms with Gasteiger partial charge in [-0.15, -0.1) is 0 Å². The molecule has 0 saturated heterocycles. The first-order valence-electron chi connectivity index (χ1n) is 5.53. The highest BCUT2D eigenvalue weighted by molar-refractivity contribution is 9.10. The molecule has 0 spiro atoms. The minimum Gasteiger partial charge on any atom is -0.454 e. The van der Waals surface area contributed by atoms with Gasteiger partial charge in [-0.3, -0.25) is 0 Å². The Balaban J connectivity index is 2.19. The minimum absolute atomic E-state index is 0.0245. The zero-order valence-electron chi connectivity index (χ0n) is 10.7. The molecule has 2 rings (SSSR count). The molecular formula is C12H12BrN3O3. The molecule has 6 nitrogen and oxygen atoms in total. The number of hydrogen-bond donors (Lipinski definition) is 0. The maximum atomic E-state index is 11.8. The number of aromatic nitrogens is 3. The zero-order valence-corrected chi connectivity index (χ0v) is 12.3. The van der Waals surface area contributed by atoms with Crippen molar-refractivity contribution in [1.29, 1.82) is 0 Å². The summed E-state index contributed by atoms with van der Waals surface area (Å²) in [7, 11) is 0. The van der Waals surface area contributed by atoms with Crippen LogP contribution in [0.15, 0.2) is 27.5 Å². The summed E-state index contributed by atoms with van der Waals surface area (Å²) < 4.78 is 10.9. The Labute approximate surface area is 118 Å². The SMILES string of the molecule is CC(C)(C)OC(=O)c1cc(-c2ncc(Br)cn2)no1. The summed E-state index contributed by atoms with van der Waals surface area (Å²) in [6.45, 7) is 5.33. The standard InChI is InChI=1S/C12H12BrN3O3/c1-12(2,3)18-11(17)9-4-8(16-19-9)10-14-5-7(13)6-15-10/h4-6H,1-3H3. The second kappa shape index (κ2) is 5.08. The van der Waals surface area contributed by atoms with E-state index in [9.17, 15) is 4.79 Å². The van der Waals surface area contributed by atoms with Gasteiger partial charge in [0.05, 0.1) is 4.47 Å². The molecular weight excluding hydrogens is 314 g/mol. The smallest absolute Gasteiger partial charge is 0.377 e. The van der Waals surface area contributed by atoms with Crippen LogP contribution in [0.2, 0.25) is 0 Å². The van der Waals surface area contributed by atoms with E-state index < -0.39 is 11.6 Å². The summed E-state index contributed by atoms with van der Waals surface area (Å²) in [5.74, 6) is -0.165. The van der Waals surface area contributed by atoms with Gasteiger partial charge in [-0.2, -0.15) is 0 Å². The van der Waals surface area contributed by atoms with Crippen LogP contribution in [0.4, 0.5) is 0 Å². The van der Waals surface area contributed by atoms with E-state index in [2.05, 4.69) is 31.1 Å². The predicted octanol–water partition coefficient (Wildman–Crippen LogP) is 2.85. The van der Waals surface area contributed by atoms with Gasteiger partial charge in [-0.1, -0.05) is 5.16 Å². The van der Waals surface area contributed by atoms with E-state index in [1.807, 2.05) is 0 Å². The van der Waals surface area contributed by atoms with Crippen LogP contribution in [0, 0.1) is 0 Å². The van der Waals surface area contributed by atoms with Crippen LogP contribution in [-0.2, 0) is 4.74 Å². The van der Waals surface area contributed by atoms with Crippen LogP contribution in [0.1, 0.15) is 31.3 Å². The number of hydrogen-bond acceptors (Lipinski definition) is 6. The van der Waals surface area contributed by atoms with E-state index in [0.29, 0.717) is 11.5 Å². The van der Waals surface area contributed by atoms with Gasteiger partial charge >= 0.3 is 5.97 Å². The maximum Gasteiger partial charge on any atom is 0.377 e. The van der Waals surface area contributed by atoms with Crippen LogP contribution in [0.5, 0.6) is 0 Å². The third-order valence-corrected chi connectivity index (χ3v) is 2.37. The lowest BCUT2D eigenvalue weighted by atomic mass is 10.2. The normalized spacial score (nSPS) is 11.4. The topological polar surface area (TPSA) is 78.1 Å². The van der Waals surface area contributed by atoms with Gasteiger partial charge in [0.2, 0.25) is 5.76 Å². The fourth-order valence-electron chi connectivity index (χ4n) is 1.25. The van der Waals surface area contributed by atoms with E-state index in [-0.39, 0.29) is 5.76 Å². The summed E-state index contributed by atoms with van der Waals surface area (Å²) >= 11 is 3.24. The molecule has 7 heteroatoms. The van der Waals surface area contributed by atoms with Crippen molar-refractivity contribution in [2.24, 2.45) is 0 Å². The second-order valence-electron chi connectivity index (χ2n) is 4.80. The molecule has 0 aliphatic rings. The Morgan fingerprint density at radius 2 is 1.95 bits per heavy atom. The summed E-state index contributed by atoms with van der Waals surface area (Å²) in [5, 5.41) is 3.75. The molecule has 0 amide bonds. The number of carbonyl (C=O) groups excluding carboxylic acids is 1. The molecule has 0 saturated carbocycles. The van der Waals surface area contributed by atoms with Crippen molar-refractivity contribution in [2.45, 2.75) is 26.4 Å². The van der Waals surface area contributed by atoms with E-state index in [1.54, 1.807) is 33.2 Å². The highest BCUT2D eigenvalue weighted by Crippen LogP contribution is 2.18. The highest BCUT2D eigenvalue weighted by atomic mass is 79.9. The highest BCUT2D eigenvalue weighted by Gasteiger charge is 2.22. The Morgan fingerprint density at radius 1 is 1.32 bits per heavy atom. The lowest BCUT2D eigenvalue weighted by Gasteiger charge is -2.17. The molecule has 0 aliphatic carbocycles. The molecule has 0 unspecified atom stereocenters. The maximum absolute atomic E-state index is 11.8. The molecule has 19 heavy (non-hydrogen) atoms. The Kier molecular flexibility index (Phi) is 3.66. The third-order valence-electron chi connectivity index (χ3n) is 1.96. The van der Waals surface area contributed by atoms with Crippen molar-refractivity contribution in [2.75, 3.05) is 0 Å². The molecule has 2 aromatic rings. The van der Waals surface area contributed by atoms with Gasteiger partial charge < -0.3 is 9.26 Å². The minimum atomic E-state index is -0.585. The molecule has 0 atom stereocenters. The molecule has 0 radical (unpaired) electrons. The Morgan fingerprint density at radius 3 is 2.53 bits per heavy atom. The van der Waals surface area contributed by atoms with Gasteiger partial charge in [0.1, 0.15) is 5.60 Å². The summed E-state index contributed by atoms with van der Waals surface area (Å²) in [4.78, 5) is 19.9. The number of ether oxygens (including phenoxy) is 1. The third kappa shape index (κ3) is 3.60. The number of halogens is 1. The number of nitrogens with zero attached hydrogens (tertiary/aromatic N) is 3. The van der Waals surface area contributed by atoms with Crippen LogP contribution in [0.3, 0.4) is 0 Å². The fraction of sp³-hybridized carbons (Fsp3) is 0.333. The van der Waals surface area contributed by atoms with Crippen LogP contribution in [0.25, 0.3) is 11.5 Å². The molecule has 0 aliphatic heterocycles. The first kappa shape index (κ1) is 13.7. The quantitative estimate of drug-likeness (QED) is 0.790. The number of carbonyl (C=O) groups is 1. The monoisotopic (exact) mass is 325 g/mol. The first-order chi connectivity index (χ1) is 8.85. The van der Waals surface area contributed by atoms with Gasteiger partial charge in [0, 0.05) is 18.5 Å². The van der Waals surface area contributed by atoms with Gasteiger partial charge in [0.25, 0.3) is 0 Å². The van der Waals surface area contributed by atoms with Crippen molar-refractivity contribution >= 4 is 21.9 Å². The summed E-state index contributed by atoms with van der Waals surface area (Å²) in [6.07, 6.45) is 3.17. The molecule has 0 fully saturated rings. The van der Waals surface area contributed by atoms with Crippen molar-refractivity contribution in [3.63, 3.8) is 0 Å². The molecule has 100 valence electrons. The fourth-order valence-corrected chi connectivity index (χ4v) is 1.45. The van der Waals surface area contributed by atoms with Crippen LogP contribution >= 0.6 is 15.9 Å². The van der Waals surface area contributed by atoms with Crippen LogP contribution in [-0.4, -0.2) is 26.7 Å². The van der Waals surface area contributed by atoms with E-state index in [4.69, 9.17) is 9.26 Å². The zero-order chi connectivity index (χ0) is 14.0. The van der Waals surface area contributed by atoms with E-state index in [1.165, 1.54) is 6.07 Å². The van der Waals surface area contributed by atoms with E-state index in [0.717, 1.165) is 4.47 Å². The van der Waals surface area contributed by atoms with Gasteiger partial charge in [0.15, 0.2) is 11.5 Å². The summed E-state index contributed by atoms with van der Waals surface area (Å²) in [6, 6.07) is 1.46. The molecule has 0 aromatic carbocycles. The molecule has 2 heterocycles. The average molecular weight is 326 g/mol. The lowest BCUT2D eigenvalue weighted by molar-refractivity contribution is 0.00277. The predicted molar refractivity (Wildman–Crippen MR) is 70.4 cm³/mol. The van der Waals surface area contributed by atoms with Gasteiger partial charge in [-0.05, 0) is 36.7 Å². The van der Waals surface area contributed by atoms with Crippen molar-refractivity contribution in [3.8, 4) is 11.5 Å². The van der Waals surface area contributed by atoms with Crippen molar-refractivity contribution in [3.05, 3.63) is 28.7 Å². The van der Waals surface area contributed by atoms with Crippen molar-refractivity contribution in [1.82, 2.24) is 15.1 Å². The van der Waals surface area contributed by atoms with Crippen molar-refractivity contribution < 1.29 is 14.1 Å². The Bertz CT molecular complexity index is 587. The first-order valence-corrected chi connectivity index (χ1v) is 6.32. The van der Waals surface area contributed by atoms with Crippen LogP contribution < -0.4 is 0 Å². The summed E-state index contributed by atoms with van der Waals surface area (Å²) in [5.41, 5.74) is -0.202. The average Bonchev–Trinajstić information content (AvgIpc) is 2.77. The number of esters is 1. The van der Waals surface area contributed by atoms with Gasteiger partial charge in [-0.25, -0.2) is 14.8 Å². The Hall–Kier alpha value is -1.76.